The molecular formula is C21H38N6O3S. The van der Waals surface area contributed by atoms with Crippen LogP contribution in [0, 0.1) is 0 Å². The summed E-state index contributed by atoms with van der Waals surface area (Å²) in [5, 5.41) is 10.4. The Labute approximate surface area is 191 Å². The number of thiocarbonyl (C=S) groups is 1. The summed E-state index contributed by atoms with van der Waals surface area (Å²) in [5.74, 6) is 0.278. The van der Waals surface area contributed by atoms with Gasteiger partial charge in [0, 0.05) is 70.9 Å². The summed E-state index contributed by atoms with van der Waals surface area (Å²) >= 11 is 5.49. The van der Waals surface area contributed by atoms with E-state index in [9.17, 15) is 9.59 Å². The van der Waals surface area contributed by atoms with Crippen LogP contribution in [0.15, 0.2) is 0 Å². The van der Waals surface area contributed by atoms with E-state index in [4.69, 9.17) is 17.0 Å². The minimum atomic E-state index is -0.143. The monoisotopic (exact) mass is 454 g/mol. The van der Waals surface area contributed by atoms with Crippen molar-refractivity contribution < 1.29 is 14.3 Å². The number of fused-ring (bicyclic) bond motifs is 1. The molecule has 31 heavy (non-hydrogen) atoms. The van der Waals surface area contributed by atoms with E-state index < -0.39 is 0 Å². The third-order valence-electron chi connectivity index (χ3n) is 6.58. The molecule has 0 radical (unpaired) electrons. The second-order valence-corrected chi connectivity index (χ2v) is 8.91. The Bertz CT molecular complexity index is 626. The highest BCUT2D eigenvalue weighted by atomic mass is 32.1. The Kier molecular flexibility index (Phi) is 9.30. The normalized spacial score (nSPS) is 26.8. The van der Waals surface area contributed by atoms with Crippen LogP contribution < -0.4 is 16.0 Å². The van der Waals surface area contributed by atoms with Crippen molar-refractivity contribution in [1.29, 1.82) is 0 Å². The molecular weight excluding hydrogens is 416 g/mol. The van der Waals surface area contributed by atoms with Crippen LogP contribution in [-0.4, -0.2) is 115 Å². The van der Waals surface area contributed by atoms with Crippen LogP contribution in [0.25, 0.3) is 0 Å². The van der Waals surface area contributed by atoms with Crippen molar-refractivity contribution in [3.05, 3.63) is 0 Å². The summed E-state index contributed by atoms with van der Waals surface area (Å²) in [6.45, 7) is 12.1. The summed E-state index contributed by atoms with van der Waals surface area (Å²) in [7, 11) is 0. The maximum atomic E-state index is 12.4. The summed E-state index contributed by atoms with van der Waals surface area (Å²) in [4.78, 5) is 31.3. The van der Waals surface area contributed by atoms with Crippen molar-refractivity contribution in [1.82, 2.24) is 30.7 Å². The highest BCUT2D eigenvalue weighted by molar-refractivity contribution is 7.80. The van der Waals surface area contributed by atoms with Crippen LogP contribution in [0.2, 0.25) is 0 Å². The maximum absolute atomic E-state index is 12.4. The van der Waals surface area contributed by atoms with E-state index in [1.165, 1.54) is 0 Å². The molecule has 3 saturated heterocycles. The van der Waals surface area contributed by atoms with Gasteiger partial charge in [-0.2, -0.15) is 0 Å². The zero-order chi connectivity index (χ0) is 22.2. The molecule has 176 valence electrons. The molecule has 3 aliphatic rings. The molecule has 0 aromatic heterocycles. The number of nitrogens with zero attached hydrogens (tertiary/aromatic N) is 3. The van der Waals surface area contributed by atoms with Gasteiger partial charge >= 0.3 is 0 Å². The van der Waals surface area contributed by atoms with Gasteiger partial charge in [-0.25, -0.2) is 0 Å². The van der Waals surface area contributed by atoms with Gasteiger partial charge in [-0.15, -0.1) is 0 Å². The van der Waals surface area contributed by atoms with Crippen LogP contribution in [0.1, 0.15) is 33.1 Å². The minimum Gasteiger partial charge on any atom is -0.379 e. The largest absolute Gasteiger partial charge is 0.379 e. The van der Waals surface area contributed by atoms with Gasteiger partial charge in [0.2, 0.25) is 11.8 Å². The smallest absolute Gasteiger partial charge is 0.237 e. The number of hydrogen-bond donors (Lipinski definition) is 3. The van der Waals surface area contributed by atoms with E-state index in [0.29, 0.717) is 18.1 Å². The highest BCUT2D eigenvalue weighted by Gasteiger charge is 2.43. The Hall–Kier alpha value is -1.49. The van der Waals surface area contributed by atoms with Crippen molar-refractivity contribution in [2.24, 2.45) is 0 Å². The molecule has 3 fully saturated rings. The van der Waals surface area contributed by atoms with Gasteiger partial charge in [0.25, 0.3) is 0 Å². The lowest BCUT2D eigenvalue weighted by Crippen LogP contribution is -2.58. The SMILES string of the molecule is CCN(CC)C(=O)CCC1CNC(=O)C2CC(NC(=S)NCCN3CCOCC3)CN12. The fourth-order valence-corrected chi connectivity index (χ4v) is 5.03. The van der Waals surface area contributed by atoms with E-state index >= 15 is 0 Å². The molecule has 9 nitrogen and oxygen atoms in total. The summed E-state index contributed by atoms with van der Waals surface area (Å²) in [6.07, 6.45) is 2.02. The van der Waals surface area contributed by atoms with E-state index in [-0.39, 0.29) is 29.9 Å². The molecule has 0 spiro atoms. The zero-order valence-electron chi connectivity index (χ0n) is 18.9. The van der Waals surface area contributed by atoms with Crippen molar-refractivity contribution >= 4 is 29.1 Å². The fraction of sp³-hybridized carbons (Fsp3) is 0.857. The molecule has 3 unspecified atom stereocenters. The lowest BCUT2D eigenvalue weighted by Gasteiger charge is -2.37. The predicted molar refractivity (Wildman–Crippen MR) is 124 cm³/mol. The van der Waals surface area contributed by atoms with Crippen molar-refractivity contribution in [2.45, 2.75) is 51.2 Å². The van der Waals surface area contributed by atoms with Crippen molar-refractivity contribution in [2.75, 3.05) is 65.6 Å². The molecule has 3 atom stereocenters. The van der Waals surface area contributed by atoms with Crippen LogP contribution in [0.4, 0.5) is 0 Å². The maximum Gasteiger partial charge on any atom is 0.237 e. The fourth-order valence-electron chi connectivity index (χ4n) is 4.76. The first kappa shape index (κ1) is 24.2. The Morgan fingerprint density at radius 1 is 1.29 bits per heavy atom. The molecule has 3 aliphatic heterocycles. The Morgan fingerprint density at radius 2 is 2.03 bits per heavy atom. The van der Waals surface area contributed by atoms with Gasteiger partial charge in [0.1, 0.15) is 0 Å². The van der Waals surface area contributed by atoms with Crippen LogP contribution >= 0.6 is 12.2 Å². The minimum absolute atomic E-state index is 0.0850. The first-order valence-electron chi connectivity index (χ1n) is 11.7. The van der Waals surface area contributed by atoms with Gasteiger partial charge in [-0.3, -0.25) is 19.4 Å². The third kappa shape index (κ3) is 6.74. The van der Waals surface area contributed by atoms with Gasteiger partial charge < -0.3 is 25.6 Å². The van der Waals surface area contributed by atoms with Gasteiger partial charge in [-0.1, -0.05) is 0 Å². The summed E-state index contributed by atoms with van der Waals surface area (Å²) in [5.41, 5.74) is 0. The molecule has 3 rings (SSSR count). The standard InChI is InChI=1S/C21H38N6O3S/c1-3-26(4-2)19(28)6-5-17-14-23-20(29)18-13-16(15-27(17)18)24-21(31)22-7-8-25-9-11-30-12-10-25/h16-18H,3-15H2,1-2H3,(H,23,29)(H2,22,24,31). The van der Waals surface area contributed by atoms with Gasteiger partial charge in [0.05, 0.1) is 19.3 Å². The number of carbonyl (C=O) groups is 2. The number of morpholine rings is 1. The molecule has 0 bridgehead atoms. The summed E-state index contributed by atoms with van der Waals surface area (Å²) in [6, 6.07) is 0.186. The van der Waals surface area contributed by atoms with E-state index in [2.05, 4.69) is 25.8 Å². The first-order chi connectivity index (χ1) is 15.0. The summed E-state index contributed by atoms with van der Waals surface area (Å²) < 4.78 is 5.37. The number of amides is 2. The number of piperazine rings is 1. The molecule has 0 aromatic carbocycles. The average molecular weight is 455 g/mol. The number of rotatable bonds is 9. The van der Waals surface area contributed by atoms with Crippen LogP contribution in [-0.2, 0) is 14.3 Å². The highest BCUT2D eigenvalue weighted by Crippen LogP contribution is 2.26. The first-order valence-corrected chi connectivity index (χ1v) is 12.1. The van der Waals surface area contributed by atoms with Crippen LogP contribution in [0.5, 0.6) is 0 Å². The van der Waals surface area contributed by atoms with Gasteiger partial charge in [-0.05, 0) is 38.9 Å². The molecule has 3 N–H and O–H groups in total. The molecule has 10 heteroatoms. The lowest BCUT2D eigenvalue weighted by molar-refractivity contribution is -0.132. The van der Waals surface area contributed by atoms with E-state index in [1.54, 1.807) is 0 Å². The zero-order valence-corrected chi connectivity index (χ0v) is 19.7. The average Bonchev–Trinajstić information content (AvgIpc) is 3.19. The number of hydrogen-bond acceptors (Lipinski definition) is 6. The van der Waals surface area contributed by atoms with Crippen molar-refractivity contribution in [3.63, 3.8) is 0 Å². The molecule has 2 amide bonds. The predicted octanol–water partition coefficient (Wildman–Crippen LogP) is -0.627. The number of ether oxygens (including phenoxy) is 1. The molecule has 0 aromatic rings. The Balaban J connectivity index is 1.43. The third-order valence-corrected chi connectivity index (χ3v) is 6.85. The van der Waals surface area contributed by atoms with E-state index in [0.717, 1.165) is 71.9 Å². The van der Waals surface area contributed by atoms with E-state index in [1.807, 2.05) is 18.7 Å². The molecule has 0 aliphatic carbocycles. The number of carbonyl (C=O) groups excluding carboxylic acids is 2. The number of nitrogens with one attached hydrogen (secondary N) is 3. The quantitative estimate of drug-likeness (QED) is 0.397. The second kappa shape index (κ2) is 11.9. The second-order valence-electron chi connectivity index (χ2n) is 8.50. The van der Waals surface area contributed by atoms with Crippen molar-refractivity contribution in [3.8, 4) is 0 Å². The topological polar surface area (TPSA) is 89.2 Å². The lowest BCUT2D eigenvalue weighted by atomic mass is 10.0. The molecule has 3 heterocycles. The van der Waals surface area contributed by atoms with Gasteiger partial charge in [0.15, 0.2) is 5.11 Å². The molecule has 0 saturated carbocycles. The van der Waals surface area contributed by atoms with Crippen LogP contribution in [0.3, 0.4) is 0 Å². The Morgan fingerprint density at radius 3 is 2.74 bits per heavy atom.